The first-order valence-electron chi connectivity index (χ1n) is 12.3. The Morgan fingerprint density at radius 2 is 1.65 bits per heavy atom. The van der Waals surface area contributed by atoms with Gasteiger partial charge in [0.1, 0.15) is 5.75 Å². The van der Waals surface area contributed by atoms with E-state index in [1.54, 1.807) is 49.7 Å². The van der Waals surface area contributed by atoms with Gasteiger partial charge in [-0.2, -0.15) is 10.1 Å². The minimum atomic E-state index is -3.82. The second kappa shape index (κ2) is 11.3. The molecule has 0 spiro atoms. The van der Waals surface area contributed by atoms with Crippen molar-refractivity contribution in [3.63, 3.8) is 0 Å². The van der Waals surface area contributed by atoms with Crippen LogP contribution in [0.15, 0.2) is 107 Å². The van der Waals surface area contributed by atoms with Gasteiger partial charge in [0, 0.05) is 12.6 Å². The Morgan fingerprint density at radius 3 is 2.33 bits per heavy atom. The van der Waals surface area contributed by atoms with E-state index < -0.39 is 15.9 Å². The lowest BCUT2D eigenvalue weighted by molar-refractivity contribution is 0.0987. The summed E-state index contributed by atoms with van der Waals surface area (Å²) in [4.78, 5) is 18.4. The van der Waals surface area contributed by atoms with E-state index in [9.17, 15) is 13.2 Å². The molecular weight excluding hydrogens is 544 g/mol. The summed E-state index contributed by atoms with van der Waals surface area (Å²) in [5.41, 5.74) is 3.41. The van der Waals surface area contributed by atoms with Gasteiger partial charge < -0.3 is 4.74 Å². The van der Waals surface area contributed by atoms with Gasteiger partial charge in [-0.1, -0.05) is 35.6 Å². The van der Waals surface area contributed by atoms with Gasteiger partial charge in [-0.25, -0.2) is 13.4 Å². The molecule has 5 rings (SSSR count). The highest BCUT2D eigenvalue weighted by Gasteiger charge is 2.24. The molecule has 1 heterocycles. The molecule has 0 unspecified atom stereocenters. The lowest BCUT2D eigenvalue weighted by atomic mass is 10.2. The Hall–Kier alpha value is -4.54. The van der Waals surface area contributed by atoms with Crippen LogP contribution in [-0.2, 0) is 10.0 Å². The maximum Gasteiger partial charge on any atom is 0.280 e. The molecule has 0 bridgehead atoms. The van der Waals surface area contributed by atoms with E-state index in [4.69, 9.17) is 4.74 Å². The van der Waals surface area contributed by atoms with Gasteiger partial charge >= 0.3 is 0 Å². The van der Waals surface area contributed by atoms with Crippen molar-refractivity contribution in [3.05, 3.63) is 114 Å². The molecule has 0 fully saturated rings. The SMILES string of the molecule is COc1ccc(/C=N/N(C(=O)c2ccc(S(=O)(=O)N(C)c3ccccc3)cc2)c2nc3ccc(C)cc3s2)cc1. The predicted octanol–water partition coefficient (Wildman–Crippen LogP) is 6.12. The molecule has 0 saturated heterocycles. The van der Waals surface area contributed by atoms with Crippen LogP contribution < -0.4 is 14.1 Å². The molecule has 202 valence electrons. The smallest absolute Gasteiger partial charge is 0.280 e. The Morgan fingerprint density at radius 1 is 0.950 bits per heavy atom. The maximum atomic E-state index is 13.7. The zero-order valence-corrected chi connectivity index (χ0v) is 23.7. The number of fused-ring (bicyclic) bond motifs is 1. The number of nitrogens with zero attached hydrogens (tertiary/aromatic N) is 4. The summed E-state index contributed by atoms with van der Waals surface area (Å²) < 4.78 is 33.7. The minimum Gasteiger partial charge on any atom is -0.497 e. The maximum absolute atomic E-state index is 13.7. The summed E-state index contributed by atoms with van der Waals surface area (Å²) in [6.07, 6.45) is 1.57. The Kier molecular flexibility index (Phi) is 7.63. The van der Waals surface area contributed by atoms with Crippen LogP contribution in [0.5, 0.6) is 5.75 Å². The highest BCUT2D eigenvalue weighted by molar-refractivity contribution is 7.92. The van der Waals surface area contributed by atoms with Gasteiger partial charge in [-0.05, 0) is 90.8 Å². The number of hydrazone groups is 1. The zero-order valence-electron chi connectivity index (χ0n) is 22.1. The average molecular weight is 571 g/mol. The van der Waals surface area contributed by atoms with Crippen LogP contribution in [0.25, 0.3) is 10.2 Å². The van der Waals surface area contributed by atoms with Crippen LogP contribution in [0.2, 0.25) is 0 Å². The van der Waals surface area contributed by atoms with Crippen molar-refractivity contribution in [3.8, 4) is 5.75 Å². The van der Waals surface area contributed by atoms with E-state index in [-0.39, 0.29) is 10.5 Å². The number of hydrogen-bond acceptors (Lipinski definition) is 7. The fourth-order valence-corrected chi connectivity index (χ4v) is 6.16. The predicted molar refractivity (Wildman–Crippen MR) is 160 cm³/mol. The molecule has 0 N–H and O–H groups in total. The molecule has 0 saturated carbocycles. The lowest BCUT2D eigenvalue weighted by Gasteiger charge is -2.19. The summed E-state index contributed by atoms with van der Waals surface area (Å²) in [7, 11) is -0.736. The Balaban J connectivity index is 1.47. The number of carbonyl (C=O) groups excluding carboxylic acids is 1. The van der Waals surface area contributed by atoms with Crippen molar-refractivity contribution in [2.24, 2.45) is 5.10 Å². The molecule has 8 nitrogen and oxygen atoms in total. The number of sulfonamides is 1. The number of methoxy groups -OCH3 is 1. The van der Waals surface area contributed by atoms with Gasteiger partial charge in [-0.3, -0.25) is 9.10 Å². The third-order valence-corrected chi connectivity index (χ3v) is 9.02. The number of aromatic nitrogens is 1. The Labute approximate surface area is 236 Å². The van der Waals surface area contributed by atoms with Gasteiger partial charge in [0.25, 0.3) is 15.9 Å². The monoisotopic (exact) mass is 570 g/mol. The standard InChI is InChI=1S/C30H26N4O4S2/c1-21-9-18-27-28(19-21)39-30(32-27)34(31-20-22-10-14-25(38-3)15-11-22)29(35)23-12-16-26(17-13-23)40(36,37)33(2)24-7-5-4-6-8-24/h4-20H,1-3H3/b31-20+. The van der Waals surface area contributed by atoms with Crippen LogP contribution in [-0.4, -0.2) is 39.7 Å². The number of hydrogen-bond donors (Lipinski definition) is 0. The molecular formula is C30H26N4O4S2. The summed E-state index contributed by atoms with van der Waals surface area (Å²) in [6.45, 7) is 1.99. The summed E-state index contributed by atoms with van der Waals surface area (Å²) in [5.74, 6) is 0.264. The van der Waals surface area contributed by atoms with Gasteiger partial charge in [0.2, 0.25) is 5.13 Å². The number of thiazole rings is 1. The van der Waals surface area contributed by atoms with Crippen molar-refractivity contribution in [2.75, 3.05) is 23.5 Å². The van der Waals surface area contributed by atoms with Crippen LogP contribution >= 0.6 is 11.3 Å². The van der Waals surface area contributed by atoms with E-state index in [0.717, 1.165) is 21.3 Å². The molecule has 1 amide bonds. The number of carbonyl (C=O) groups is 1. The van der Waals surface area contributed by atoms with E-state index in [0.29, 0.717) is 16.6 Å². The summed E-state index contributed by atoms with van der Waals surface area (Å²) in [6, 6.07) is 27.8. The second-order valence-corrected chi connectivity index (χ2v) is 11.9. The number of amides is 1. The highest BCUT2D eigenvalue weighted by Crippen LogP contribution is 2.31. The van der Waals surface area contributed by atoms with E-state index >= 15 is 0 Å². The van der Waals surface area contributed by atoms with Crippen LogP contribution in [0.4, 0.5) is 10.8 Å². The van der Waals surface area contributed by atoms with E-state index in [1.807, 2.05) is 43.3 Å². The molecule has 1 aromatic heterocycles. The number of benzene rings is 4. The van der Waals surface area contributed by atoms with Gasteiger partial charge in [0.15, 0.2) is 0 Å². The first-order valence-corrected chi connectivity index (χ1v) is 14.6. The van der Waals surface area contributed by atoms with Crippen molar-refractivity contribution in [1.29, 1.82) is 0 Å². The normalized spacial score (nSPS) is 11.6. The number of ether oxygens (including phenoxy) is 1. The molecule has 0 radical (unpaired) electrons. The largest absolute Gasteiger partial charge is 0.497 e. The first kappa shape index (κ1) is 27.0. The molecule has 0 atom stereocenters. The zero-order chi connectivity index (χ0) is 28.3. The first-order chi connectivity index (χ1) is 19.3. The van der Waals surface area contributed by atoms with Crippen LogP contribution in [0, 0.1) is 6.92 Å². The minimum absolute atomic E-state index is 0.0687. The number of rotatable bonds is 8. The molecule has 40 heavy (non-hydrogen) atoms. The number of anilines is 2. The number of aryl methyl sites for hydroxylation is 1. The molecule has 10 heteroatoms. The molecule has 0 aliphatic heterocycles. The fourth-order valence-electron chi connectivity index (χ4n) is 3.94. The van der Waals surface area contributed by atoms with E-state index in [1.165, 1.54) is 52.0 Å². The summed E-state index contributed by atoms with van der Waals surface area (Å²) in [5, 5.41) is 6.13. The van der Waals surface area contributed by atoms with Crippen LogP contribution in [0.3, 0.4) is 0 Å². The van der Waals surface area contributed by atoms with Crippen molar-refractivity contribution < 1.29 is 17.9 Å². The Bertz CT molecular complexity index is 1780. The highest BCUT2D eigenvalue weighted by atomic mass is 32.2. The molecule has 0 aliphatic carbocycles. The van der Waals surface area contributed by atoms with Crippen molar-refractivity contribution in [1.82, 2.24) is 4.98 Å². The fraction of sp³-hybridized carbons (Fsp3) is 0.100. The quantitative estimate of drug-likeness (QED) is 0.166. The van der Waals surface area contributed by atoms with Crippen molar-refractivity contribution in [2.45, 2.75) is 11.8 Å². The van der Waals surface area contributed by atoms with Gasteiger partial charge in [-0.15, -0.1) is 0 Å². The topological polar surface area (TPSA) is 92.2 Å². The average Bonchev–Trinajstić information content (AvgIpc) is 3.40. The third-order valence-electron chi connectivity index (χ3n) is 6.22. The second-order valence-electron chi connectivity index (χ2n) is 8.93. The molecule has 0 aliphatic rings. The van der Waals surface area contributed by atoms with Gasteiger partial charge in [0.05, 0.1) is 34.1 Å². The summed E-state index contributed by atoms with van der Waals surface area (Å²) >= 11 is 1.35. The third kappa shape index (κ3) is 5.58. The molecule has 5 aromatic rings. The van der Waals surface area contributed by atoms with Crippen LogP contribution in [0.1, 0.15) is 21.5 Å². The molecule has 4 aromatic carbocycles. The van der Waals surface area contributed by atoms with E-state index in [2.05, 4.69) is 10.1 Å². The lowest BCUT2D eigenvalue weighted by Crippen LogP contribution is -2.27. The number of para-hydroxylation sites is 1. The van der Waals surface area contributed by atoms with Crippen molar-refractivity contribution >= 4 is 54.5 Å².